The molecule has 0 fully saturated rings. The van der Waals surface area contributed by atoms with Crippen molar-refractivity contribution in [2.75, 3.05) is 0 Å². The fourth-order valence-electron chi connectivity index (χ4n) is 3.94. The van der Waals surface area contributed by atoms with Crippen molar-refractivity contribution >= 4 is 27.8 Å². The molecule has 4 aromatic carbocycles. The molecule has 0 unspecified atom stereocenters. The average Bonchev–Trinajstić information content (AvgIpc) is 3.13. The fourth-order valence-corrected chi connectivity index (χ4v) is 3.94. The van der Waals surface area contributed by atoms with Crippen LogP contribution < -0.4 is 0 Å². The molecule has 28 heavy (non-hydrogen) atoms. The van der Waals surface area contributed by atoms with Gasteiger partial charge in [0.05, 0.1) is 0 Å². The van der Waals surface area contributed by atoms with Crippen molar-refractivity contribution in [3.63, 3.8) is 0 Å². The molecule has 0 saturated heterocycles. The molecular formula is C27H21N. The van der Waals surface area contributed by atoms with E-state index in [1.165, 1.54) is 38.4 Å². The number of para-hydroxylation sites is 1. The van der Waals surface area contributed by atoms with Gasteiger partial charge >= 0.3 is 0 Å². The second kappa shape index (κ2) is 7.21. The molecule has 0 aliphatic heterocycles. The Balaban J connectivity index is 1.60. The van der Waals surface area contributed by atoms with Crippen molar-refractivity contribution < 1.29 is 0 Å². The van der Waals surface area contributed by atoms with E-state index in [0.717, 1.165) is 6.54 Å². The number of hydrogen-bond donors (Lipinski definition) is 0. The summed E-state index contributed by atoms with van der Waals surface area (Å²) in [5.41, 5.74) is 5.08. The first kappa shape index (κ1) is 16.6. The molecule has 0 saturated carbocycles. The van der Waals surface area contributed by atoms with E-state index in [1.807, 2.05) is 6.07 Å². The van der Waals surface area contributed by atoms with Gasteiger partial charge in [-0.3, -0.25) is 0 Å². The summed E-state index contributed by atoms with van der Waals surface area (Å²) in [6.45, 7) is 0.847. The lowest BCUT2D eigenvalue weighted by Gasteiger charge is -2.05. The molecule has 5 rings (SSSR count). The van der Waals surface area contributed by atoms with Gasteiger partial charge in [0.25, 0.3) is 0 Å². The number of rotatable bonds is 4. The molecule has 0 radical (unpaired) electrons. The van der Waals surface area contributed by atoms with Crippen LogP contribution in [0.1, 0.15) is 5.56 Å². The lowest BCUT2D eigenvalue weighted by Crippen LogP contribution is -1.92. The Kier molecular flexibility index (Phi) is 4.27. The smallest absolute Gasteiger partial charge is 0.0489 e. The zero-order valence-electron chi connectivity index (χ0n) is 15.6. The lowest BCUT2D eigenvalue weighted by molar-refractivity contribution is 0.867. The van der Waals surface area contributed by atoms with Crippen molar-refractivity contribution in [3.05, 3.63) is 115 Å². The van der Waals surface area contributed by atoms with E-state index in [9.17, 15) is 0 Å². The number of fused-ring (bicyclic) bond motifs is 2. The molecule has 0 bridgehead atoms. The van der Waals surface area contributed by atoms with Gasteiger partial charge in [-0.15, -0.1) is 0 Å². The van der Waals surface area contributed by atoms with E-state index >= 15 is 0 Å². The summed E-state index contributed by atoms with van der Waals surface area (Å²) in [4.78, 5) is 0. The molecular weight excluding hydrogens is 338 g/mol. The first-order valence-electron chi connectivity index (χ1n) is 9.68. The molecule has 134 valence electrons. The largest absolute Gasteiger partial charge is 0.343 e. The van der Waals surface area contributed by atoms with Crippen LogP contribution in [0.25, 0.3) is 38.9 Å². The summed E-state index contributed by atoms with van der Waals surface area (Å²) in [6, 6.07) is 34.3. The van der Waals surface area contributed by atoms with Crippen LogP contribution in [0.15, 0.2) is 109 Å². The molecule has 1 aromatic heterocycles. The summed E-state index contributed by atoms with van der Waals surface area (Å²) in [7, 11) is 0. The predicted octanol–water partition coefficient (Wildman–Crippen LogP) is 7.17. The van der Waals surface area contributed by atoms with Crippen molar-refractivity contribution in [2.24, 2.45) is 0 Å². The molecule has 0 spiro atoms. The number of benzene rings is 4. The van der Waals surface area contributed by atoms with Crippen LogP contribution >= 0.6 is 0 Å². The van der Waals surface area contributed by atoms with Crippen LogP contribution in [0, 0.1) is 0 Å². The highest BCUT2D eigenvalue weighted by Crippen LogP contribution is 2.35. The molecule has 0 atom stereocenters. The number of nitrogens with zero attached hydrogens (tertiary/aromatic N) is 1. The van der Waals surface area contributed by atoms with Gasteiger partial charge < -0.3 is 4.57 Å². The Hall–Kier alpha value is -3.58. The van der Waals surface area contributed by atoms with Crippen LogP contribution in [0.4, 0.5) is 0 Å². The van der Waals surface area contributed by atoms with Gasteiger partial charge in [0.1, 0.15) is 0 Å². The summed E-state index contributed by atoms with van der Waals surface area (Å²) >= 11 is 0. The highest BCUT2D eigenvalue weighted by Gasteiger charge is 2.11. The maximum atomic E-state index is 2.34. The Bertz CT molecular complexity index is 1270. The van der Waals surface area contributed by atoms with Crippen LogP contribution in [0.3, 0.4) is 0 Å². The topological polar surface area (TPSA) is 4.93 Å². The molecule has 0 aliphatic rings. The van der Waals surface area contributed by atoms with E-state index in [0.29, 0.717) is 0 Å². The third-order valence-corrected chi connectivity index (χ3v) is 5.28. The van der Waals surface area contributed by atoms with Gasteiger partial charge in [-0.2, -0.15) is 0 Å². The Morgan fingerprint density at radius 2 is 1.32 bits per heavy atom. The quantitative estimate of drug-likeness (QED) is 0.320. The molecule has 0 aliphatic carbocycles. The lowest BCUT2D eigenvalue weighted by atomic mass is 9.98. The minimum atomic E-state index is 0.847. The van der Waals surface area contributed by atoms with E-state index < -0.39 is 0 Å². The number of allylic oxidation sites excluding steroid dienone is 1. The second-order valence-electron chi connectivity index (χ2n) is 7.05. The van der Waals surface area contributed by atoms with E-state index in [-0.39, 0.29) is 0 Å². The van der Waals surface area contributed by atoms with Crippen LogP contribution in [-0.4, -0.2) is 4.57 Å². The van der Waals surface area contributed by atoms with Gasteiger partial charge in [0.2, 0.25) is 0 Å². The third-order valence-electron chi connectivity index (χ3n) is 5.28. The monoisotopic (exact) mass is 359 g/mol. The van der Waals surface area contributed by atoms with Gasteiger partial charge in [0.15, 0.2) is 0 Å². The van der Waals surface area contributed by atoms with Crippen molar-refractivity contribution in [1.82, 2.24) is 4.57 Å². The van der Waals surface area contributed by atoms with Crippen LogP contribution in [0.2, 0.25) is 0 Å². The van der Waals surface area contributed by atoms with Crippen molar-refractivity contribution in [2.45, 2.75) is 6.54 Å². The zero-order chi connectivity index (χ0) is 18.8. The van der Waals surface area contributed by atoms with Crippen LogP contribution in [-0.2, 0) is 6.54 Å². The van der Waals surface area contributed by atoms with Crippen molar-refractivity contribution in [3.8, 4) is 11.1 Å². The first-order chi connectivity index (χ1) is 13.9. The van der Waals surface area contributed by atoms with E-state index in [1.54, 1.807) is 0 Å². The van der Waals surface area contributed by atoms with E-state index in [4.69, 9.17) is 0 Å². The molecule has 1 nitrogen and oxygen atoms in total. The van der Waals surface area contributed by atoms with Gasteiger partial charge in [-0.25, -0.2) is 0 Å². The Morgan fingerprint density at radius 1 is 0.607 bits per heavy atom. The Morgan fingerprint density at radius 3 is 2.21 bits per heavy atom. The van der Waals surface area contributed by atoms with E-state index in [2.05, 4.69) is 114 Å². The average molecular weight is 359 g/mol. The first-order valence-corrected chi connectivity index (χ1v) is 9.68. The number of aromatic nitrogens is 1. The maximum Gasteiger partial charge on any atom is 0.0489 e. The highest BCUT2D eigenvalue weighted by molar-refractivity contribution is 6.05. The Labute approximate surface area is 165 Å². The molecule has 0 N–H and O–H groups in total. The van der Waals surface area contributed by atoms with Gasteiger partial charge in [-0.05, 0) is 28.0 Å². The highest BCUT2D eigenvalue weighted by atomic mass is 14.9. The van der Waals surface area contributed by atoms with Crippen LogP contribution in [0.5, 0.6) is 0 Å². The predicted molar refractivity (Wildman–Crippen MR) is 120 cm³/mol. The maximum absolute atomic E-state index is 2.34. The standard InChI is InChI=1S/C27H21N/c1-2-10-21(11-3-1)12-9-19-28-20-26(25-16-6-7-18-27(25)28)24-17-8-14-22-13-4-5-15-23(22)24/h1-18,20H,19H2. The normalized spacial score (nSPS) is 11.6. The SMILES string of the molecule is C(=Cc1ccccc1)Cn1cc(-c2cccc3ccccc23)c2ccccc21. The van der Waals surface area contributed by atoms with Crippen molar-refractivity contribution in [1.29, 1.82) is 0 Å². The fraction of sp³-hybridized carbons (Fsp3) is 0.0370. The van der Waals surface area contributed by atoms with Gasteiger partial charge in [0, 0.05) is 29.2 Å². The number of hydrogen-bond acceptors (Lipinski definition) is 0. The summed E-state index contributed by atoms with van der Waals surface area (Å²) < 4.78 is 2.34. The zero-order valence-corrected chi connectivity index (χ0v) is 15.6. The summed E-state index contributed by atoms with van der Waals surface area (Å²) in [5, 5.41) is 3.88. The summed E-state index contributed by atoms with van der Waals surface area (Å²) in [6.07, 6.45) is 6.71. The molecule has 1 heteroatoms. The van der Waals surface area contributed by atoms with Gasteiger partial charge in [-0.1, -0.05) is 103 Å². The molecule has 5 aromatic rings. The molecule has 0 amide bonds. The summed E-state index contributed by atoms with van der Waals surface area (Å²) in [5.74, 6) is 0. The molecule has 1 heterocycles. The third kappa shape index (κ3) is 3.01. The minimum Gasteiger partial charge on any atom is -0.343 e. The second-order valence-corrected chi connectivity index (χ2v) is 7.05. The minimum absolute atomic E-state index is 0.847.